The predicted octanol–water partition coefficient (Wildman–Crippen LogP) is 0.957. The number of aromatic nitrogens is 2. The second kappa shape index (κ2) is 6.15. The molecule has 0 spiro atoms. The van der Waals surface area contributed by atoms with Crippen molar-refractivity contribution in [2.75, 3.05) is 19.3 Å². The number of nitrogens with zero attached hydrogens (tertiary/aromatic N) is 3. The predicted molar refractivity (Wildman–Crippen MR) is 75.7 cm³/mol. The lowest BCUT2D eigenvalue weighted by Crippen LogP contribution is -2.27. The second-order valence-corrected chi connectivity index (χ2v) is 4.59. The van der Waals surface area contributed by atoms with Crippen LogP contribution in [0, 0.1) is 0 Å². The highest BCUT2D eigenvalue weighted by molar-refractivity contribution is 5.33. The summed E-state index contributed by atoms with van der Waals surface area (Å²) in [5.74, 6) is 0. The Labute approximate surface area is 112 Å². The van der Waals surface area contributed by atoms with Crippen molar-refractivity contribution in [3.05, 3.63) is 58.8 Å². The van der Waals surface area contributed by atoms with Gasteiger partial charge in [-0.25, -0.2) is 0 Å². The SMILES string of the molecule is CN(CCn1cc(N)ccc1=O)Cc1ccncc1. The van der Waals surface area contributed by atoms with Crippen molar-refractivity contribution in [2.24, 2.45) is 0 Å². The van der Waals surface area contributed by atoms with E-state index in [0.29, 0.717) is 12.2 Å². The number of hydrogen-bond donors (Lipinski definition) is 1. The molecule has 0 saturated carbocycles. The van der Waals surface area contributed by atoms with Crippen LogP contribution in [0.3, 0.4) is 0 Å². The molecule has 0 aliphatic heterocycles. The van der Waals surface area contributed by atoms with Crippen molar-refractivity contribution < 1.29 is 0 Å². The van der Waals surface area contributed by atoms with Gasteiger partial charge in [-0.2, -0.15) is 0 Å². The molecule has 0 bridgehead atoms. The number of nitrogen functional groups attached to an aromatic ring is 1. The molecule has 100 valence electrons. The molecular formula is C14H18N4O. The highest BCUT2D eigenvalue weighted by Crippen LogP contribution is 2.01. The van der Waals surface area contributed by atoms with E-state index in [2.05, 4.69) is 9.88 Å². The van der Waals surface area contributed by atoms with E-state index in [1.165, 1.54) is 11.6 Å². The number of nitrogens with two attached hydrogens (primary N) is 1. The van der Waals surface area contributed by atoms with Crippen molar-refractivity contribution in [3.8, 4) is 0 Å². The normalized spacial score (nSPS) is 10.8. The zero-order valence-corrected chi connectivity index (χ0v) is 11.0. The zero-order valence-electron chi connectivity index (χ0n) is 11.0. The molecule has 2 rings (SSSR count). The molecule has 2 N–H and O–H groups in total. The molecule has 0 aromatic carbocycles. The lowest BCUT2D eigenvalue weighted by Gasteiger charge is -2.17. The quantitative estimate of drug-likeness (QED) is 0.867. The Balaban J connectivity index is 1.91. The molecule has 0 saturated heterocycles. The van der Waals surface area contributed by atoms with E-state index in [1.54, 1.807) is 29.2 Å². The first-order valence-electron chi connectivity index (χ1n) is 6.18. The fraction of sp³-hybridized carbons (Fsp3) is 0.286. The Kier molecular flexibility index (Phi) is 4.30. The average molecular weight is 258 g/mol. The van der Waals surface area contributed by atoms with Gasteiger partial charge in [0.2, 0.25) is 0 Å². The molecule has 0 amide bonds. The molecule has 0 unspecified atom stereocenters. The minimum Gasteiger partial charge on any atom is -0.398 e. The lowest BCUT2D eigenvalue weighted by molar-refractivity contribution is 0.310. The second-order valence-electron chi connectivity index (χ2n) is 4.59. The molecule has 0 radical (unpaired) electrons. The number of rotatable bonds is 5. The van der Waals surface area contributed by atoms with Crippen LogP contribution in [0.25, 0.3) is 0 Å². The van der Waals surface area contributed by atoms with Gasteiger partial charge in [0, 0.05) is 50.0 Å². The van der Waals surface area contributed by atoms with Gasteiger partial charge in [0.15, 0.2) is 0 Å². The molecule has 0 aliphatic rings. The van der Waals surface area contributed by atoms with Crippen molar-refractivity contribution in [1.29, 1.82) is 0 Å². The van der Waals surface area contributed by atoms with Crippen LogP contribution in [0.4, 0.5) is 5.69 Å². The van der Waals surface area contributed by atoms with Gasteiger partial charge in [-0.1, -0.05) is 0 Å². The largest absolute Gasteiger partial charge is 0.398 e. The van der Waals surface area contributed by atoms with E-state index in [-0.39, 0.29) is 5.56 Å². The summed E-state index contributed by atoms with van der Waals surface area (Å²) in [5, 5.41) is 0. The fourth-order valence-corrected chi connectivity index (χ4v) is 1.88. The maximum Gasteiger partial charge on any atom is 0.250 e. The van der Waals surface area contributed by atoms with Crippen LogP contribution < -0.4 is 11.3 Å². The molecular weight excluding hydrogens is 240 g/mol. The molecule has 0 aliphatic carbocycles. The van der Waals surface area contributed by atoms with Gasteiger partial charge in [-0.3, -0.25) is 9.78 Å². The minimum absolute atomic E-state index is 0.0217. The topological polar surface area (TPSA) is 64.2 Å². The Morgan fingerprint density at radius 3 is 2.74 bits per heavy atom. The Hall–Kier alpha value is -2.14. The standard InChI is InChI=1S/C14H18N4O/c1-17(10-12-4-6-16-7-5-12)8-9-18-11-13(15)2-3-14(18)19/h2-7,11H,8-10,15H2,1H3. The summed E-state index contributed by atoms with van der Waals surface area (Å²) in [6, 6.07) is 7.10. The van der Waals surface area contributed by atoms with Gasteiger partial charge in [-0.05, 0) is 30.8 Å². The van der Waals surface area contributed by atoms with Gasteiger partial charge < -0.3 is 15.2 Å². The highest BCUT2D eigenvalue weighted by atomic mass is 16.1. The van der Waals surface area contributed by atoms with Gasteiger partial charge in [0.25, 0.3) is 5.56 Å². The van der Waals surface area contributed by atoms with Crippen LogP contribution in [0.1, 0.15) is 5.56 Å². The maximum absolute atomic E-state index is 11.6. The van der Waals surface area contributed by atoms with Gasteiger partial charge in [-0.15, -0.1) is 0 Å². The van der Waals surface area contributed by atoms with E-state index >= 15 is 0 Å². The molecule has 5 nitrogen and oxygen atoms in total. The molecule has 0 atom stereocenters. The smallest absolute Gasteiger partial charge is 0.250 e. The van der Waals surface area contributed by atoms with Crippen molar-refractivity contribution in [1.82, 2.24) is 14.5 Å². The monoisotopic (exact) mass is 258 g/mol. The summed E-state index contributed by atoms with van der Waals surface area (Å²) in [4.78, 5) is 17.8. The number of hydrogen-bond acceptors (Lipinski definition) is 4. The summed E-state index contributed by atoms with van der Waals surface area (Å²) in [6.45, 7) is 2.25. The maximum atomic E-state index is 11.6. The first-order chi connectivity index (χ1) is 9.15. The van der Waals surface area contributed by atoms with Crippen LogP contribution in [0.5, 0.6) is 0 Å². The Morgan fingerprint density at radius 2 is 2.00 bits per heavy atom. The summed E-state index contributed by atoms with van der Waals surface area (Å²) in [5.41, 5.74) is 7.47. The van der Waals surface area contributed by atoms with Crippen LogP contribution in [-0.2, 0) is 13.1 Å². The van der Waals surface area contributed by atoms with Gasteiger partial charge >= 0.3 is 0 Å². The molecule has 5 heteroatoms. The number of likely N-dealkylation sites (N-methyl/N-ethyl adjacent to an activating group) is 1. The van der Waals surface area contributed by atoms with Crippen LogP contribution >= 0.6 is 0 Å². The van der Waals surface area contributed by atoms with Crippen molar-refractivity contribution in [2.45, 2.75) is 13.1 Å². The molecule has 19 heavy (non-hydrogen) atoms. The lowest BCUT2D eigenvalue weighted by atomic mass is 10.2. The first kappa shape index (κ1) is 13.3. The third-order valence-corrected chi connectivity index (χ3v) is 2.93. The Morgan fingerprint density at radius 1 is 1.26 bits per heavy atom. The number of anilines is 1. The zero-order chi connectivity index (χ0) is 13.7. The van der Waals surface area contributed by atoms with Crippen molar-refractivity contribution in [3.63, 3.8) is 0 Å². The summed E-state index contributed by atoms with van der Waals surface area (Å²) in [6.07, 6.45) is 5.25. The first-order valence-corrected chi connectivity index (χ1v) is 6.18. The third kappa shape index (κ3) is 3.93. The molecule has 2 heterocycles. The number of pyridine rings is 2. The average Bonchev–Trinajstić information content (AvgIpc) is 2.41. The van der Waals surface area contributed by atoms with Crippen LogP contribution in [0.2, 0.25) is 0 Å². The van der Waals surface area contributed by atoms with E-state index in [0.717, 1.165) is 13.1 Å². The third-order valence-electron chi connectivity index (χ3n) is 2.93. The van der Waals surface area contributed by atoms with E-state index in [1.807, 2.05) is 19.2 Å². The van der Waals surface area contributed by atoms with E-state index in [9.17, 15) is 4.79 Å². The fourth-order valence-electron chi connectivity index (χ4n) is 1.88. The van der Waals surface area contributed by atoms with Gasteiger partial charge in [0.05, 0.1) is 0 Å². The van der Waals surface area contributed by atoms with Crippen LogP contribution in [0.15, 0.2) is 47.7 Å². The van der Waals surface area contributed by atoms with Gasteiger partial charge in [0.1, 0.15) is 0 Å². The van der Waals surface area contributed by atoms with Crippen LogP contribution in [-0.4, -0.2) is 28.0 Å². The van der Waals surface area contributed by atoms with E-state index < -0.39 is 0 Å². The molecule has 0 fully saturated rings. The van der Waals surface area contributed by atoms with Crippen molar-refractivity contribution >= 4 is 5.69 Å². The van der Waals surface area contributed by atoms with E-state index in [4.69, 9.17) is 5.73 Å². The molecule has 2 aromatic rings. The minimum atomic E-state index is -0.0217. The summed E-state index contributed by atoms with van der Waals surface area (Å²) >= 11 is 0. The summed E-state index contributed by atoms with van der Waals surface area (Å²) < 4.78 is 1.64. The molecule has 2 aromatic heterocycles. The highest BCUT2D eigenvalue weighted by Gasteiger charge is 2.02. The summed E-state index contributed by atoms with van der Waals surface area (Å²) in [7, 11) is 2.03. The Bertz CT molecular complexity index is 579.